The van der Waals surface area contributed by atoms with Crippen LogP contribution in [0.4, 0.5) is 0 Å². The molecule has 0 unspecified atom stereocenters. The summed E-state index contributed by atoms with van der Waals surface area (Å²) in [7, 11) is 0. The SMILES string of the molecule is CSc1nc2cc(CN3C(=O)c4ccccc4C3=O)ncc2s1. The number of benzene rings is 1. The summed E-state index contributed by atoms with van der Waals surface area (Å²) in [5.41, 5.74) is 2.42. The first kappa shape index (κ1) is 14.3. The molecule has 0 N–H and O–H groups in total. The van der Waals surface area contributed by atoms with Crippen LogP contribution in [0.25, 0.3) is 10.2 Å². The maximum atomic E-state index is 12.4. The standard InChI is InChI=1S/C16H11N3O2S2/c1-22-16-18-12-6-9(17-7-13(12)23-16)8-19-14(20)10-4-2-3-5-11(10)15(19)21/h2-7H,8H2,1H3. The Balaban J connectivity index is 1.66. The molecule has 1 aliphatic rings. The molecule has 0 saturated heterocycles. The highest BCUT2D eigenvalue weighted by Crippen LogP contribution is 2.29. The van der Waals surface area contributed by atoms with Gasteiger partial charge in [0.1, 0.15) is 0 Å². The second-order valence-corrected chi connectivity index (χ2v) is 7.15. The van der Waals surface area contributed by atoms with Gasteiger partial charge in [-0.2, -0.15) is 0 Å². The lowest BCUT2D eigenvalue weighted by Crippen LogP contribution is -2.29. The van der Waals surface area contributed by atoms with Gasteiger partial charge >= 0.3 is 0 Å². The van der Waals surface area contributed by atoms with Crippen molar-refractivity contribution in [2.75, 3.05) is 6.26 Å². The fourth-order valence-corrected chi connectivity index (χ4v) is 4.01. The zero-order valence-corrected chi connectivity index (χ0v) is 13.8. The maximum absolute atomic E-state index is 12.4. The zero-order chi connectivity index (χ0) is 16.0. The van der Waals surface area contributed by atoms with Crippen molar-refractivity contribution in [3.63, 3.8) is 0 Å². The molecule has 0 saturated carbocycles. The lowest BCUT2D eigenvalue weighted by atomic mass is 10.1. The molecule has 0 radical (unpaired) electrons. The minimum absolute atomic E-state index is 0.161. The molecule has 2 amide bonds. The van der Waals surface area contributed by atoms with Gasteiger partial charge in [-0.1, -0.05) is 23.9 Å². The third-order valence-corrected chi connectivity index (χ3v) is 5.68. The first-order valence-electron chi connectivity index (χ1n) is 6.92. The van der Waals surface area contributed by atoms with E-state index in [9.17, 15) is 9.59 Å². The van der Waals surface area contributed by atoms with E-state index >= 15 is 0 Å². The average Bonchev–Trinajstić information content (AvgIpc) is 3.09. The van der Waals surface area contributed by atoms with Crippen molar-refractivity contribution in [3.05, 3.63) is 53.3 Å². The molecule has 2 aromatic heterocycles. The molecular formula is C16H11N3O2S2. The Morgan fingerprint density at radius 3 is 2.52 bits per heavy atom. The second kappa shape index (κ2) is 5.43. The van der Waals surface area contributed by atoms with Gasteiger partial charge in [0, 0.05) is 6.20 Å². The van der Waals surface area contributed by atoms with Crippen LogP contribution in [0, 0.1) is 0 Å². The first-order valence-corrected chi connectivity index (χ1v) is 8.96. The molecule has 5 nitrogen and oxygen atoms in total. The van der Waals surface area contributed by atoms with Gasteiger partial charge in [-0.05, 0) is 24.5 Å². The van der Waals surface area contributed by atoms with Crippen LogP contribution in [-0.4, -0.2) is 32.9 Å². The highest BCUT2D eigenvalue weighted by Gasteiger charge is 2.35. The normalized spacial score (nSPS) is 13.9. The van der Waals surface area contributed by atoms with E-state index in [4.69, 9.17) is 0 Å². The molecule has 0 spiro atoms. The molecule has 4 rings (SSSR count). The van der Waals surface area contributed by atoms with E-state index in [0.29, 0.717) is 16.8 Å². The summed E-state index contributed by atoms with van der Waals surface area (Å²) in [4.78, 5) is 34.9. The van der Waals surface area contributed by atoms with Gasteiger partial charge in [0.15, 0.2) is 4.34 Å². The third-order valence-electron chi connectivity index (χ3n) is 3.69. The maximum Gasteiger partial charge on any atom is 0.261 e. The number of rotatable bonds is 3. The van der Waals surface area contributed by atoms with Crippen molar-refractivity contribution in [3.8, 4) is 0 Å². The number of aromatic nitrogens is 2. The number of nitrogens with zero attached hydrogens (tertiary/aromatic N) is 3. The fourth-order valence-electron chi connectivity index (χ4n) is 2.57. The van der Waals surface area contributed by atoms with Crippen molar-refractivity contribution in [1.82, 2.24) is 14.9 Å². The van der Waals surface area contributed by atoms with Crippen LogP contribution in [0.3, 0.4) is 0 Å². The number of carbonyl (C=O) groups excluding carboxylic acids is 2. The van der Waals surface area contributed by atoms with Crippen LogP contribution in [-0.2, 0) is 6.54 Å². The van der Waals surface area contributed by atoms with E-state index in [1.54, 1.807) is 53.6 Å². The highest BCUT2D eigenvalue weighted by atomic mass is 32.2. The summed E-state index contributed by atoms with van der Waals surface area (Å²) < 4.78 is 1.97. The highest BCUT2D eigenvalue weighted by molar-refractivity contribution is 8.00. The number of hydrogen-bond donors (Lipinski definition) is 0. The molecule has 1 aromatic carbocycles. The molecule has 3 aromatic rings. The Kier molecular flexibility index (Phi) is 3.39. The van der Waals surface area contributed by atoms with Crippen LogP contribution in [0.2, 0.25) is 0 Å². The Hall–Kier alpha value is -2.25. The van der Waals surface area contributed by atoms with Crippen LogP contribution >= 0.6 is 23.1 Å². The number of thiazole rings is 1. The first-order chi connectivity index (χ1) is 11.2. The van der Waals surface area contributed by atoms with E-state index in [1.165, 1.54) is 4.90 Å². The van der Waals surface area contributed by atoms with Crippen molar-refractivity contribution in [1.29, 1.82) is 0 Å². The smallest absolute Gasteiger partial charge is 0.261 e. The lowest BCUT2D eigenvalue weighted by molar-refractivity contribution is 0.0640. The molecule has 114 valence electrons. The van der Waals surface area contributed by atoms with Gasteiger partial charge in [0.05, 0.1) is 33.6 Å². The fraction of sp³-hybridized carbons (Fsp3) is 0.125. The second-order valence-electron chi connectivity index (χ2n) is 5.07. The van der Waals surface area contributed by atoms with E-state index in [2.05, 4.69) is 9.97 Å². The monoisotopic (exact) mass is 341 g/mol. The molecule has 0 atom stereocenters. The molecule has 1 aliphatic heterocycles. The number of imide groups is 1. The number of fused-ring (bicyclic) bond motifs is 2. The largest absolute Gasteiger partial charge is 0.269 e. The van der Waals surface area contributed by atoms with Crippen LogP contribution in [0.1, 0.15) is 26.4 Å². The summed E-state index contributed by atoms with van der Waals surface area (Å²) in [6, 6.07) is 8.72. The van der Waals surface area contributed by atoms with Gasteiger partial charge < -0.3 is 0 Å². The van der Waals surface area contributed by atoms with E-state index in [-0.39, 0.29) is 18.4 Å². The summed E-state index contributed by atoms with van der Waals surface area (Å²) in [6.45, 7) is 0.161. The van der Waals surface area contributed by atoms with Crippen molar-refractivity contribution >= 4 is 45.1 Å². The Morgan fingerprint density at radius 2 is 1.87 bits per heavy atom. The third kappa shape index (κ3) is 2.32. The summed E-state index contributed by atoms with van der Waals surface area (Å²) in [6.07, 6.45) is 3.73. The molecule has 0 bridgehead atoms. The van der Waals surface area contributed by atoms with Gasteiger partial charge in [-0.3, -0.25) is 19.5 Å². The van der Waals surface area contributed by atoms with Crippen LogP contribution < -0.4 is 0 Å². The molecule has 7 heteroatoms. The van der Waals surface area contributed by atoms with Gasteiger partial charge in [0.25, 0.3) is 11.8 Å². The summed E-state index contributed by atoms with van der Waals surface area (Å²) in [5, 5.41) is 0. The predicted octanol–water partition coefficient (Wildman–Crippen LogP) is 3.21. The minimum Gasteiger partial charge on any atom is -0.269 e. The van der Waals surface area contributed by atoms with E-state index in [1.807, 2.05) is 12.3 Å². The van der Waals surface area contributed by atoms with E-state index < -0.39 is 0 Å². The molecule has 3 heterocycles. The molecule has 23 heavy (non-hydrogen) atoms. The van der Waals surface area contributed by atoms with Crippen molar-refractivity contribution < 1.29 is 9.59 Å². The molecule has 0 fully saturated rings. The van der Waals surface area contributed by atoms with E-state index in [0.717, 1.165) is 14.6 Å². The number of pyridine rings is 1. The molecule has 0 aliphatic carbocycles. The molecular weight excluding hydrogens is 330 g/mol. The number of thioether (sulfide) groups is 1. The zero-order valence-electron chi connectivity index (χ0n) is 12.1. The minimum atomic E-state index is -0.268. The topological polar surface area (TPSA) is 63.2 Å². The average molecular weight is 341 g/mol. The van der Waals surface area contributed by atoms with Gasteiger partial charge in [-0.25, -0.2) is 4.98 Å². The summed E-state index contributed by atoms with van der Waals surface area (Å²) >= 11 is 3.17. The summed E-state index contributed by atoms with van der Waals surface area (Å²) in [5.74, 6) is -0.536. The van der Waals surface area contributed by atoms with Crippen molar-refractivity contribution in [2.45, 2.75) is 10.9 Å². The number of hydrogen-bond acceptors (Lipinski definition) is 6. The Bertz CT molecular complexity index is 916. The van der Waals surface area contributed by atoms with Gasteiger partial charge in [-0.15, -0.1) is 11.3 Å². The number of amides is 2. The lowest BCUT2D eigenvalue weighted by Gasteiger charge is -2.12. The van der Waals surface area contributed by atoms with Crippen LogP contribution in [0.5, 0.6) is 0 Å². The van der Waals surface area contributed by atoms with Gasteiger partial charge in [0.2, 0.25) is 0 Å². The van der Waals surface area contributed by atoms with Crippen molar-refractivity contribution in [2.24, 2.45) is 0 Å². The van der Waals surface area contributed by atoms with Crippen LogP contribution in [0.15, 0.2) is 40.9 Å². The number of carbonyl (C=O) groups is 2. The quantitative estimate of drug-likeness (QED) is 0.541. The predicted molar refractivity (Wildman–Crippen MR) is 89.8 cm³/mol. The Morgan fingerprint density at radius 1 is 1.17 bits per heavy atom. The Labute approximate surface area is 140 Å².